The summed E-state index contributed by atoms with van der Waals surface area (Å²) < 4.78 is 32.2. The number of sulfonamides is 1. The van der Waals surface area contributed by atoms with E-state index in [9.17, 15) is 13.2 Å². The SMILES string of the molecule is C[C@@H]1CCCC[C@@H]1NC(=O)c1ccc(S(=O)(=O)NCc2ccco2)cc1. The van der Waals surface area contributed by atoms with Crippen molar-refractivity contribution < 1.29 is 17.6 Å². The van der Waals surface area contributed by atoms with Gasteiger partial charge in [0.2, 0.25) is 10.0 Å². The highest BCUT2D eigenvalue weighted by Crippen LogP contribution is 2.24. The van der Waals surface area contributed by atoms with Gasteiger partial charge >= 0.3 is 0 Å². The van der Waals surface area contributed by atoms with Crippen LogP contribution in [0.15, 0.2) is 52.0 Å². The maximum absolute atomic E-state index is 12.4. The molecule has 140 valence electrons. The van der Waals surface area contributed by atoms with Crippen LogP contribution in [0, 0.1) is 5.92 Å². The molecule has 26 heavy (non-hydrogen) atoms. The van der Waals surface area contributed by atoms with E-state index in [0.717, 1.165) is 19.3 Å². The van der Waals surface area contributed by atoms with E-state index in [1.165, 1.54) is 24.8 Å². The Morgan fingerprint density at radius 3 is 2.54 bits per heavy atom. The highest BCUT2D eigenvalue weighted by Gasteiger charge is 2.23. The molecule has 1 aliphatic carbocycles. The molecule has 2 N–H and O–H groups in total. The van der Waals surface area contributed by atoms with Gasteiger partial charge in [-0.1, -0.05) is 19.8 Å². The summed E-state index contributed by atoms with van der Waals surface area (Å²) in [6.45, 7) is 2.24. The first-order valence-corrected chi connectivity index (χ1v) is 10.4. The van der Waals surface area contributed by atoms with Gasteiger partial charge in [-0.3, -0.25) is 4.79 Å². The molecule has 7 heteroatoms. The normalized spacial score (nSPS) is 20.7. The van der Waals surface area contributed by atoms with Crippen LogP contribution in [0.2, 0.25) is 0 Å². The molecule has 0 bridgehead atoms. The van der Waals surface area contributed by atoms with Gasteiger partial charge in [-0.25, -0.2) is 13.1 Å². The van der Waals surface area contributed by atoms with Crippen molar-refractivity contribution in [2.75, 3.05) is 0 Å². The fourth-order valence-corrected chi connectivity index (χ4v) is 4.22. The molecule has 1 amide bonds. The fourth-order valence-electron chi connectivity index (χ4n) is 3.23. The number of carbonyl (C=O) groups excluding carboxylic acids is 1. The van der Waals surface area contributed by atoms with Crippen LogP contribution in [-0.2, 0) is 16.6 Å². The highest BCUT2D eigenvalue weighted by atomic mass is 32.2. The number of rotatable bonds is 6. The molecule has 1 fully saturated rings. The van der Waals surface area contributed by atoms with Gasteiger partial charge in [-0.15, -0.1) is 0 Å². The van der Waals surface area contributed by atoms with Gasteiger partial charge < -0.3 is 9.73 Å². The third-order valence-electron chi connectivity index (χ3n) is 4.87. The van der Waals surface area contributed by atoms with Crippen LogP contribution < -0.4 is 10.0 Å². The molecule has 6 nitrogen and oxygen atoms in total. The maximum Gasteiger partial charge on any atom is 0.251 e. The molecule has 3 rings (SSSR count). The molecular formula is C19H24N2O4S. The largest absolute Gasteiger partial charge is 0.468 e. The molecule has 2 aromatic rings. The van der Waals surface area contributed by atoms with Gasteiger partial charge in [0.15, 0.2) is 0 Å². The second kappa shape index (κ2) is 8.05. The Bertz CT molecular complexity index is 829. The molecule has 1 aliphatic rings. The summed E-state index contributed by atoms with van der Waals surface area (Å²) in [5.41, 5.74) is 0.466. The lowest BCUT2D eigenvalue weighted by Crippen LogP contribution is -2.41. The molecule has 0 spiro atoms. The third-order valence-corrected chi connectivity index (χ3v) is 6.29. The molecular weight excluding hydrogens is 352 g/mol. The first kappa shape index (κ1) is 18.7. The van der Waals surface area contributed by atoms with E-state index < -0.39 is 10.0 Å². The van der Waals surface area contributed by atoms with E-state index in [1.54, 1.807) is 24.3 Å². The average Bonchev–Trinajstić information content (AvgIpc) is 3.16. The van der Waals surface area contributed by atoms with Crippen molar-refractivity contribution in [2.24, 2.45) is 5.92 Å². The Morgan fingerprint density at radius 2 is 1.88 bits per heavy atom. The summed E-state index contributed by atoms with van der Waals surface area (Å²) in [5.74, 6) is 0.848. The van der Waals surface area contributed by atoms with Crippen molar-refractivity contribution in [3.63, 3.8) is 0 Å². The minimum Gasteiger partial charge on any atom is -0.468 e. The first-order chi connectivity index (χ1) is 12.5. The number of carbonyl (C=O) groups is 1. The van der Waals surface area contributed by atoms with Crippen molar-refractivity contribution >= 4 is 15.9 Å². The van der Waals surface area contributed by atoms with E-state index in [0.29, 0.717) is 17.2 Å². The zero-order valence-electron chi connectivity index (χ0n) is 14.8. The van der Waals surface area contributed by atoms with E-state index in [4.69, 9.17) is 4.42 Å². The Labute approximate surface area is 154 Å². The zero-order chi connectivity index (χ0) is 18.6. The quantitative estimate of drug-likeness (QED) is 0.811. The summed E-state index contributed by atoms with van der Waals surface area (Å²) >= 11 is 0. The second-order valence-corrected chi connectivity index (χ2v) is 8.54. The van der Waals surface area contributed by atoms with Gasteiger partial charge in [0.05, 0.1) is 17.7 Å². The fraction of sp³-hybridized carbons (Fsp3) is 0.421. The number of furan rings is 1. The number of hydrogen-bond donors (Lipinski definition) is 2. The van der Waals surface area contributed by atoms with Gasteiger partial charge in [0, 0.05) is 11.6 Å². The predicted molar refractivity (Wildman–Crippen MR) is 98.1 cm³/mol. The van der Waals surface area contributed by atoms with Gasteiger partial charge in [0.1, 0.15) is 5.76 Å². The Balaban J connectivity index is 1.62. The molecule has 0 aliphatic heterocycles. The smallest absolute Gasteiger partial charge is 0.251 e. The van der Waals surface area contributed by atoms with Crippen molar-refractivity contribution in [1.29, 1.82) is 0 Å². The van der Waals surface area contributed by atoms with Crippen LogP contribution in [0.3, 0.4) is 0 Å². The van der Waals surface area contributed by atoms with Gasteiger partial charge in [-0.2, -0.15) is 0 Å². The standard InChI is InChI=1S/C19H24N2O4S/c1-14-5-2-3-7-18(14)21-19(22)15-8-10-17(11-9-15)26(23,24)20-13-16-6-4-12-25-16/h4,6,8-12,14,18,20H,2-3,5,7,13H2,1H3,(H,21,22)/t14-,18+/m1/s1. The minimum atomic E-state index is -3.66. The van der Waals surface area contributed by atoms with Crippen molar-refractivity contribution in [3.05, 3.63) is 54.0 Å². The first-order valence-electron chi connectivity index (χ1n) is 8.89. The molecule has 1 aromatic carbocycles. The third kappa shape index (κ3) is 4.53. The maximum atomic E-state index is 12.4. The highest BCUT2D eigenvalue weighted by molar-refractivity contribution is 7.89. The minimum absolute atomic E-state index is 0.0805. The van der Waals surface area contributed by atoms with Crippen molar-refractivity contribution in [3.8, 4) is 0 Å². The van der Waals surface area contributed by atoms with Crippen LogP contribution in [0.25, 0.3) is 0 Å². The molecule has 0 radical (unpaired) electrons. The van der Waals surface area contributed by atoms with E-state index in [-0.39, 0.29) is 23.4 Å². The zero-order valence-corrected chi connectivity index (χ0v) is 15.6. The molecule has 2 atom stereocenters. The van der Waals surface area contributed by atoms with Crippen LogP contribution in [0.1, 0.15) is 48.7 Å². The number of nitrogens with one attached hydrogen (secondary N) is 2. The summed E-state index contributed by atoms with van der Waals surface area (Å²) in [7, 11) is -3.66. The molecule has 1 saturated carbocycles. The Kier molecular flexibility index (Phi) is 5.78. The summed E-state index contributed by atoms with van der Waals surface area (Å²) in [5, 5.41) is 3.07. The summed E-state index contributed by atoms with van der Waals surface area (Å²) in [6.07, 6.45) is 5.96. The molecule has 1 heterocycles. The average molecular weight is 376 g/mol. The molecule has 0 unspecified atom stereocenters. The van der Waals surface area contributed by atoms with E-state index in [2.05, 4.69) is 17.0 Å². The van der Waals surface area contributed by atoms with Crippen LogP contribution in [0.5, 0.6) is 0 Å². The second-order valence-electron chi connectivity index (χ2n) is 6.77. The molecule has 1 aromatic heterocycles. The lowest BCUT2D eigenvalue weighted by molar-refractivity contribution is 0.0910. The predicted octanol–water partition coefficient (Wildman–Crippen LogP) is 3.07. The van der Waals surface area contributed by atoms with Crippen molar-refractivity contribution in [1.82, 2.24) is 10.0 Å². The van der Waals surface area contributed by atoms with E-state index >= 15 is 0 Å². The van der Waals surface area contributed by atoms with Crippen LogP contribution >= 0.6 is 0 Å². The van der Waals surface area contributed by atoms with Crippen molar-refractivity contribution in [2.45, 2.75) is 50.1 Å². The number of hydrogen-bond acceptors (Lipinski definition) is 4. The number of amides is 1. The Morgan fingerprint density at radius 1 is 1.15 bits per heavy atom. The summed E-state index contributed by atoms with van der Waals surface area (Å²) in [6, 6.07) is 9.57. The lowest BCUT2D eigenvalue weighted by Gasteiger charge is -2.29. The van der Waals surface area contributed by atoms with E-state index in [1.807, 2.05) is 0 Å². The topological polar surface area (TPSA) is 88.4 Å². The van der Waals surface area contributed by atoms with Crippen LogP contribution in [0.4, 0.5) is 0 Å². The summed E-state index contributed by atoms with van der Waals surface area (Å²) in [4.78, 5) is 12.5. The van der Waals surface area contributed by atoms with Gasteiger partial charge in [-0.05, 0) is 55.2 Å². The van der Waals surface area contributed by atoms with Crippen LogP contribution in [-0.4, -0.2) is 20.4 Å². The lowest BCUT2D eigenvalue weighted by atomic mass is 9.86. The molecule has 0 saturated heterocycles. The van der Waals surface area contributed by atoms with Gasteiger partial charge in [0.25, 0.3) is 5.91 Å². The monoisotopic (exact) mass is 376 g/mol. The Hall–Kier alpha value is -2.12. The number of benzene rings is 1.